The lowest BCUT2D eigenvalue weighted by atomic mass is 9.94. The van der Waals surface area contributed by atoms with Crippen molar-refractivity contribution in [3.8, 4) is 236 Å². The summed E-state index contributed by atoms with van der Waals surface area (Å²) in [4.78, 5) is 69.4. The molecule has 0 amide bonds. The van der Waals surface area contributed by atoms with E-state index in [9.17, 15) is 0 Å². The van der Waals surface area contributed by atoms with Crippen LogP contribution in [0.1, 0.15) is 0 Å². The van der Waals surface area contributed by atoms with Crippen molar-refractivity contribution in [3.63, 3.8) is 0 Å². The van der Waals surface area contributed by atoms with Gasteiger partial charge in [0.15, 0.2) is 23.3 Å². The van der Waals surface area contributed by atoms with Crippen LogP contribution in [0.3, 0.4) is 0 Å². The second-order valence-electron chi connectivity index (χ2n) is 34.4. The van der Waals surface area contributed by atoms with Crippen LogP contribution in [0.25, 0.3) is 236 Å². The van der Waals surface area contributed by atoms with E-state index in [0.717, 1.165) is 212 Å². The van der Waals surface area contributed by atoms with Gasteiger partial charge in [-0.2, -0.15) is 0 Å². The molecule has 0 atom stereocenters. The summed E-state index contributed by atoms with van der Waals surface area (Å²) in [5.41, 5.74) is 38.9. The number of nitrogens with zero attached hydrogens (tertiary/aromatic N) is 15. The molecule has 0 radical (unpaired) electrons. The molecule has 9 heterocycles. The number of benzene rings is 15. The number of aromatic nitrogens is 15. The molecule has 0 saturated carbocycles. The first-order valence-electron chi connectivity index (χ1n) is 47.4. The maximum atomic E-state index is 5.15. The first-order chi connectivity index (χ1) is 71.3. The van der Waals surface area contributed by atoms with Crippen LogP contribution in [0.5, 0.6) is 0 Å². The second-order valence-corrected chi connectivity index (χ2v) is 34.4. The van der Waals surface area contributed by atoms with E-state index in [2.05, 4.69) is 336 Å². The van der Waals surface area contributed by atoms with E-state index in [-0.39, 0.29) is 0 Å². The summed E-state index contributed by atoms with van der Waals surface area (Å²) in [6, 6.07) is 155. The molecule has 15 nitrogen and oxygen atoms in total. The molecule has 24 aromatic rings. The number of rotatable bonds is 21. The maximum absolute atomic E-state index is 5.15. The van der Waals surface area contributed by atoms with E-state index in [1.54, 1.807) is 43.5 Å². The van der Waals surface area contributed by atoms with Crippen molar-refractivity contribution in [2.75, 3.05) is 0 Å². The lowest BCUT2D eigenvalue weighted by molar-refractivity contribution is 1.17. The van der Waals surface area contributed by atoms with Gasteiger partial charge in [0, 0.05) is 135 Å². The highest BCUT2D eigenvalue weighted by Crippen LogP contribution is 2.42. The van der Waals surface area contributed by atoms with E-state index in [1.165, 1.54) is 0 Å². The Morgan fingerprint density at radius 2 is 0.326 bits per heavy atom. The van der Waals surface area contributed by atoms with Crippen molar-refractivity contribution in [1.82, 2.24) is 74.8 Å². The zero-order chi connectivity index (χ0) is 96.4. The van der Waals surface area contributed by atoms with Crippen LogP contribution in [-0.2, 0) is 0 Å². The Morgan fingerprint density at radius 3 is 0.576 bits per heavy atom. The molecule has 0 saturated heterocycles. The molecule has 9 aromatic heterocycles. The van der Waals surface area contributed by atoms with Gasteiger partial charge in [-0.15, -0.1) is 0 Å². The van der Waals surface area contributed by atoms with E-state index < -0.39 is 0 Å². The van der Waals surface area contributed by atoms with Gasteiger partial charge >= 0.3 is 0 Å². The Bertz CT molecular complexity index is 7190. The van der Waals surface area contributed by atoms with E-state index in [1.807, 2.05) is 195 Å². The summed E-state index contributed by atoms with van der Waals surface area (Å²) in [5, 5.41) is 0. The fraction of sp³-hybridized carbons (Fsp3) is 0. The van der Waals surface area contributed by atoms with Crippen molar-refractivity contribution in [3.05, 3.63) is 530 Å². The maximum Gasteiger partial charge on any atom is 0.160 e. The first kappa shape index (κ1) is 89.4. The van der Waals surface area contributed by atoms with Crippen LogP contribution in [0.4, 0.5) is 0 Å². The lowest BCUT2D eigenvalue weighted by Gasteiger charge is -2.13. The highest BCUT2D eigenvalue weighted by atomic mass is 14.9. The van der Waals surface area contributed by atoms with Gasteiger partial charge in [0.25, 0.3) is 0 Å². The first-order valence-corrected chi connectivity index (χ1v) is 47.4. The molecule has 15 heteroatoms. The molecule has 0 unspecified atom stereocenters. The molecular weight excluding hydrogens is 1760 g/mol. The van der Waals surface area contributed by atoms with Crippen LogP contribution >= 0.6 is 0 Å². The molecule has 144 heavy (non-hydrogen) atoms. The molecule has 0 aliphatic rings. The summed E-state index contributed by atoms with van der Waals surface area (Å²) < 4.78 is 0. The predicted octanol–water partition coefficient (Wildman–Crippen LogP) is 31.0. The van der Waals surface area contributed by atoms with Gasteiger partial charge in [-0.1, -0.05) is 328 Å². The van der Waals surface area contributed by atoms with Gasteiger partial charge in [-0.25, -0.2) is 49.8 Å². The van der Waals surface area contributed by atoms with Gasteiger partial charge in [-0.05, 0) is 221 Å². The average Bonchev–Trinajstić information content (AvgIpc) is 0.785. The summed E-state index contributed by atoms with van der Waals surface area (Å²) in [5.74, 6) is 2.71. The van der Waals surface area contributed by atoms with Crippen molar-refractivity contribution >= 4 is 0 Å². The molecule has 0 aliphatic heterocycles. The quantitative estimate of drug-likeness (QED) is 0.0659. The average molecular weight is 1850 g/mol. The molecule has 0 fully saturated rings. The van der Waals surface area contributed by atoms with Gasteiger partial charge in [0.1, 0.15) is 6.33 Å². The predicted molar refractivity (Wildman–Crippen MR) is 580 cm³/mol. The molecule has 24 rings (SSSR count). The zero-order valence-electron chi connectivity index (χ0n) is 77.9. The Morgan fingerprint density at radius 1 is 0.104 bits per heavy atom. The van der Waals surface area contributed by atoms with E-state index >= 15 is 0 Å². The van der Waals surface area contributed by atoms with E-state index in [0.29, 0.717) is 23.3 Å². The smallest absolute Gasteiger partial charge is 0.160 e. The highest BCUT2D eigenvalue weighted by molar-refractivity contribution is 5.88. The van der Waals surface area contributed by atoms with Crippen LogP contribution in [0.2, 0.25) is 0 Å². The molecule has 0 aliphatic carbocycles. The third-order valence-electron chi connectivity index (χ3n) is 25.1. The van der Waals surface area contributed by atoms with Gasteiger partial charge in [0.05, 0.1) is 51.7 Å². The minimum Gasteiger partial charge on any atom is -0.265 e. The summed E-state index contributed by atoms with van der Waals surface area (Å²) in [6.45, 7) is 0. The Kier molecular flexibility index (Phi) is 26.4. The Balaban J connectivity index is 0.000000123. The molecule has 678 valence electrons. The van der Waals surface area contributed by atoms with Crippen molar-refractivity contribution in [2.24, 2.45) is 0 Å². The zero-order valence-corrected chi connectivity index (χ0v) is 77.9. The molecule has 0 spiro atoms. The number of hydrogen-bond acceptors (Lipinski definition) is 15. The minimum atomic E-state index is 0.668. The second kappa shape index (κ2) is 42.5. The molecular formula is C129H87N15. The van der Waals surface area contributed by atoms with E-state index in [4.69, 9.17) is 29.9 Å². The summed E-state index contributed by atoms with van der Waals surface area (Å²) in [7, 11) is 0. The van der Waals surface area contributed by atoms with Crippen molar-refractivity contribution < 1.29 is 0 Å². The third-order valence-corrected chi connectivity index (χ3v) is 25.1. The normalized spacial score (nSPS) is 10.9. The monoisotopic (exact) mass is 1850 g/mol. The Labute approximate surface area is 834 Å². The fourth-order valence-electron chi connectivity index (χ4n) is 17.6. The minimum absolute atomic E-state index is 0.668. The number of pyridine rings is 3. The highest BCUT2D eigenvalue weighted by Gasteiger charge is 2.21. The van der Waals surface area contributed by atoms with Gasteiger partial charge in [0.2, 0.25) is 0 Å². The van der Waals surface area contributed by atoms with Crippen molar-refractivity contribution in [1.29, 1.82) is 0 Å². The fourth-order valence-corrected chi connectivity index (χ4v) is 17.6. The standard InChI is InChI=1S/3C43H29N5/c1-3-8-34(9-4-1)40-29-41(35-10-5-2-6-11-35)48-43(47-40)39-27-37(31-14-12-30(13-15-31)33-20-24-44-25-21-33)26-38(28-39)32-16-18-36(19-17-32)42-45-22-7-23-46-42;1-3-7-34(8-4-1)41-28-42(35-9-5-2-6-10-35)48-43(47-41)39-26-37(31-13-11-30(12-14-31)33-19-22-44-23-20-33)25-38(27-39)32-15-17-36(18-16-32)40-21-24-45-29-46-40;1-3-7-34(8-4-1)40-28-41(35-9-5-2-6-10-35)48-43(47-40)39-26-37(31-13-11-30(12-14-31)33-19-21-44-22-20-33)25-38(27-39)32-15-17-36(18-16-32)42-29-45-23-24-46-42/h3*1-29H. The topological polar surface area (TPSA) is 193 Å². The van der Waals surface area contributed by atoms with Gasteiger partial charge < -0.3 is 0 Å². The van der Waals surface area contributed by atoms with Crippen LogP contribution < -0.4 is 0 Å². The van der Waals surface area contributed by atoms with Crippen LogP contribution in [0.15, 0.2) is 530 Å². The number of hydrogen-bond donors (Lipinski definition) is 0. The molecule has 15 aromatic carbocycles. The van der Waals surface area contributed by atoms with Crippen LogP contribution in [-0.4, -0.2) is 74.8 Å². The summed E-state index contributed by atoms with van der Waals surface area (Å²) in [6.07, 6.45) is 23.0. The Hall–Kier alpha value is -19.8. The third kappa shape index (κ3) is 21.0. The van der Waals surface area contributed by atoms with Crippen LogP contribution in [0, 0.1) is 0 Å². The molecule has 0 N–H and O–H groups in total. The summed E-state index contributed by atoms with van der Waals surface area (Å²) >= 11 is 0. The SMILES string of the molecule is c1ccc(-c2cc(-c3ccccc3)nc(-c3cc(-c4ccc(-c5ccncc5)cc4)cc(-c4ccc(-c5ccncn5)cc4)c3)n2)cc1.c1ccc(-c2cc(-c3ccccc3)nc(-c3cc(-c4ccc(-c5ccncc5)cc4)cc(-c4ccc(-c5cnccn5)cc4)c3)n2)cc1.c1ccc(-c2cc(-c3ccccc3)nc(-c3cc(-c4ccc(-c5ccncc5)cc4)cc(-c4ccc(-c5ncccn5)cc4)c3)n2)cc1. The largest absolute Gasteiger partial charge is 0.265 e. The van der Waals surface area contributed by atoms with Crippen molar-refractivity contribution in [2.45, 2.75) is 0 Å². The molecule has 0 bridgehead atoms. The van der Waals surface area contributed by atoms with Gasteiger partial charge in [-0.3, -0.25) is 24.9 Å². The lowest BCUT2D eigenvalue weighted by Crippen LogP contribution is -1.97.